The van der Waals surface area contributed by atoms with E-state index < -0.39 is 5.60 Å². The highest BCUT2D eigenvalue weighted by Gasteiger charge is 2.30. The molecule has 1 aromatic heterocycles. The van der Waals surface area contributed by atoms with Gasteiger partial charge in [-0.05, 0) is 58.6 Å². The van der Waals surface area contributed by atoms with Crippen molar-refractivity contribution in [3.05, 3.63) is 30.1 Å². The largest absolute Gasteiger partial charge is 0.444 e. The molecule has 0 unspecified atom stereocenters. The summed E-state index contributed by atoms with van der Waals surface area (Å²) in [5.74, 6) is -0.131. The van der Waals surface area contributed by atoms with Gasteiger partial charge in [-0.1, -0.05) is 6.07 Å². The van der Waals surface area contributed by atoms with Crippen molar-refractivity contribution in [3.63, 3.8) is 0 Å². The smallest absolute Gasteiger partial charge is 0.410 e. The molecule has 1 atom stereocenters. The number of carbonyl (C=O) groups excluding carboxylic acids is 2. The van der Waals surface area contributed by atoms with Crippen LogP contribution < -0.4 is 0 Å². The van der Waals surface area contributed by atoms with Crippen LogP contribution in [0.3, 0.4) is 0 Å². The summed E-state index contributed by atoms with van der Waals surface area (Å²) < 4.78 is 11.0. The molecule has 0 aromatic carbocycles. The van der Waals surface area contributed by atoms with Gasteiger partial charge in [0, 0.05) is 25.4 Å². The molecule has 1 aliphatic rings. The first-order chi connectivity index (χ1) is 11.9. The second-order valence-electron chi connectivity index (χ2n) is 7.30. The molecule has 0 saturated carbocycles. The van der Waals surface area contributed by atoms with Crippen molar-refractivity contribution >= 4 is 11.9 Å². The third-order valence-electron chi connectivity index (χ3n) is 4.03. The van der Waals surface area contributed by atoms with Crippen molar-refractivity contribution in [1.29, 1.82) is 0 Å². The molecule has 6 nitrogen and oxygen atoms in total. The molecule has 25 heavy (non-hydrogen) atoms. The predicted molar refractivity (Wildman–Crippen MR) is 94.6 cm³/mol. The molecule has 0 N–H and O–H groups in total. The molecule has 0 bridgehead atoms. The summed E-state index contributed by atoms with van der Waals surface area (Å²) >= 11 is 0. The molecule has 0 radical (unpaired) electrons. The minimum Gasteiger partial charge on any atom is -0.444 e. The van der Waals surface area contributed by atoms with E-state index in [1.165, 1.54) is 0 Å². The van der Waals surface area contributed by atoms with Crippen LogP contribution in [-0.4, -0.2) is 53.2 Å². The van der Waals surface area contributed by atoms with Gasteiger partial charge in [0.05, 0.1) is 0 Å². The van der Waals surface area contributed by atoms with Gasteiger partial charge in [-0.3, -0.25) is 9.78 Å². The molecule has 1 fully saturated rings. The van der Waals surface area contributed by atoms with Gasteiger partial charge in [0.25, 0.3) is 0 Å². The lowest BCUT2D eigenvalue weighted by Crippen LogP contribution is -2.46. The summed E-state index contributed by atoms with van der Waals surface area (Å²) in [5, 5.41) is 0. The molecule has 1 aliphatic heterocycles. The number of nitrogens with zero attached hydrogens (tertiary/aromatic N) is 2. The second kappa shape index (κ2) is 8.94. The fraction of sp³-hybridized carbons (Fsp3) is 0.632. The summed E-state index contributed by atoms with van der Waals surface area (Å²) in [5.41, 5.74) is -0.0828. The Bertz CT molecular complexity index is 569. The van der Waals surface area contributed by atoms with E-state index >= 15 is 0 Å². The maximum atomic E-state index is 12.4. The average molecular weight is 348 g/mol. The molecule has 2 rings (SSSR count). The lowest BCUT2D eigenvalue weighted by molar-refractivity contribution is 0.00456. The second-order valence-corrected chi connectivity index (χ2v) is 7.30. The van der Waals surface area contributed by atoms with E-state index in [9.17, 15) is 9.59 Å². The van der Waals surface area contributed by atoms with Crippen molar-refractivity contribution in [2.45, 2.75) is 58.1 Å². The molecular formula is C19H28N2O4. The van der Waals surface area contributed by atoms with Gasteiger partial charge in [0.1, 0.15) is 17.9 Å². The van der Waals surface area contributed by atoms with Gasteiger partial charge in [-0.15, -0.1) is 0 Å². The van der Waals surface area contributed by atoms with Gasteiger partial charge in [0.15, 0.2) is 0 Å². The van der Waals surface area contributed by atoms with E-state index in [1.807, 2.05) is 20.8 Å². The van der Waals surface area contributed by atoms with Crippen LogP contribution in [0.4, 0.5) is 4.79 Å². The Morgan fingerprint density at radius 1 is 1.28 bits per heavy atom. The first-order valence-corrected chi connectivity index (χ1v) is 8.88. The number of likely N-dealkylation sites (tertiary alicyclic amines) is 1. The van der Waals surface area contributed by atoms with Crippen molar-refractivity contribution < 1.29 is 19.1 Å². The summed E-state index contributed by atoms with van der Waals surface area (Å²) in [6, 6.07) is 5.33. The minimum atomic E-state index is -0.495. The number of Topliss-reactive ketones (excluding diaryl/α,β-unsaturated/α-hetero) is 1. The fourth-order valence-electron chi connectivity index (χ4n) is 2.85. The van der Waals surface area contributed by atoms with Crippen LogP contribution in [-0.2, 0) is 9.47 Å². The van der Waals surface area contributed by atoms with Crippen LogP contribution in [0, 0.1) is 0 Å². The Morgan fingerprint density at radius 3 is 2.76 bits per heavy atom. The molecule has 2 heterocycles. The summed E-state index contributed by atoms with van der Waals surface area (Å²) in [4.78, 5) is 30.1. The van der Waals surface area contributed by atoms with E-state index in [2.05, 4.69) is 4.98 Å². The molecule has 6 heteroatoms. The van der Waals surface area contributed by atoms with Gasteiger partial charge in [0.2, 0.25) is 5.78 Å². The Hall–Kier alpha value is -1.95. The highest BCUT2D eigenvalue weighted by molar-refractivity contribution is 5.95. The van der Waals surface area contributed by atoms with Gasteiger partial charge in [-0.2, -0.15) is 0 Å². The van der Waals surface area contributed by atoms with Gasteiger partial charge >= 0.3 is 6.09 Å². The average Bonchev–Trinajstić information content (AvgIpc) is 2.58. The summed E-state index contributed by atoms with van der Waals surface area (Å²) in [7, 11) is 0. The van der Waals surface area contributed by atoms with Crippen molar-refractivity contribution in [1.82, 2.24) is 9.88 Å². The first kappa shape index (κ1) is 19.4. The Balaban J connectivity index is 1.77. The zero-order chi connectivity index (χ0) is 18.3. The SMILES string of the molecule is CC(C)(C)OC(=O)N1CCCC[C@@H]1CCOCC(=O)c1ccccn1. The lowest BCUT2D eigenvalue weighted by atomic mass is 10.0. The number of ketones is 1. The number of pyridine rings is 1. The van der Waals surface area contributed by atoms with Crippen LogP contribution in [0.25, 0.3) is 0 Å². The number of aromatic nitrogens is 1. The van der Waals surface area contributed by atoms with Crippen molar-refractivity contribution in [3.8, 4) is 0 Å². The molecule has 1 saturated heterocycles. The van der Waals surface area contributed by atoms with E-state index in [1.54, 1.807) is 29.3 Å². The Kier molecular flexibility index (Phi) is 6.93. The normalized spacial score (nSPS) is 18.0. The number of piperidine rings is 1. The van der Waals surface area contributed by atoms with Crippen LogP contribution in [0.1, 0.15) is 56.9 Å². The zero-order valence-corrected chi connectivity index (χ0v) is 15.4. The van der Waals surface area contributed by atoms with Crippen molar-refractivity contribution in [2.24, 2.45) is 0 Å². The van der Waals surface area contributed by atoms with Gasteiger partial charge in [-0.25, -0.2) is 4.79 Å². The van der Waals surface area contributed by atoms with Crippen LogP contribution in [0.5, 0.6) is 0 Å². The standard InChI is InChI=1S/C19H28N2O4/c1-19(2,3)25-18(23)21-12-7-5-8-15(21)10-13-24-14-17(22)16-9-4-6-11-20-16/h4,6,9,11,15H,5,7-8,10,12-14H2,1-3H3/t15-/m1/s1. The predicted octanol–water partition coefficient (Wildman–Crippen LogP) is 3.46. The molecule has 138 valence electrons. The lowest BCUT2D eigenvalue weighted by Gasteiger charge is -2.36. The number of hydrogen-bond donors (Lipinski definition) is 0. The van der Waals surface area contributed by atoms with Crippen molar-refractivity contribution in [2.75, 3.05) is 19.8 Å². The van der Waals surface area contributed by atoms with E-state index in [0.717, 1.165) is 19.3 Å². The summed E-state index contributed by atoms with van der Waals surface area (Å²) in [6.07, 6.45) is 5.06. The van der Waals surface area contributed by atoms with E-state index in [-0.39, 0.29) is 24.5 Å². The highest BCUT2D eigenvalue weighted by Crippen LogP contribution is 2.22. The van der Waals surface area contributed by atoms with E-state index in [0.29, 0.717) is 25.3 Å². The zero-order valence-electron chi connectivity index (χ0n) is 15.4. The quantitative estimate of drug-likeness (QED) is 0.582. The van der Waals surface area contributed by atoms with Gasteiger partial charge < -0.3 is 14.4 Å². The minimum absolute atomic E-state index is 0.0101. The third-order valence-corrected chi connectivity index (χ3v) is 4.03. The number of ether oxygens (including phenoxy) is 2. The topological polar surface area (TPSA) is 68.7 Å². The third kappa shape index (κ3) is 6.46. The number of rotatable bonds is 6. The molecule has 0 aliphatic carbocycles. The molecule has 1 amide bonds. The molecule has 1 aromatic rings. The monoisotopic (exact) mass is 348 g/mol. The number of carbonyl (C=O) groups is 2. The van der Waals surface area contributed by atoms with Crippen LogP contribution in [0.15, 0.2) is 24.4 Å². The molecular weight excluding hydrogens is 320 g/mol. The van der Waals surface area contributed by atoms with Crippen LogP contribution in [0.2, 0.25) is 0 Å². The fourth-order valence-corrected chi connectivity index (χ4v) is 2.85. The maximum absolute atomic E-state index is 12.4. The first-order valence-electron chi connectivity index (χ1n) is 8.88. The summed E-state index contributed by atoms with van der Waals surface area (Å²) in [6.45, 7) is 6.77. The highest BCUT2D eigenvalue weighted by atomic mass is 16.6. The van der Waals surface area contributed by atoms with Crippen LogP contribution >= 0.6 is 0 Å². The Morgan fingerprint density at radius 2 is 2.08 bits per heavy atom. The van der Waals surface area contributed by atoms with E-state index in [4.69, 9.17) is 9.47 Å². The Labute approximate surface area is 149 Å². The number of amides is 1. The maximum Gasteiger partial charge on any atom is 0.410 e. The number of hydrogen-bond acceptors (Lipinski definition) is 5. The molecule has 0 spiro atoms.